The zero-order valence-electron chi connectivity index (χ0n) is 17.1. The van der Waals surface area contributed by atoms with Gasteiger partial charge in [0, 0.05) is 29.7 Å². The van der Waals surface area contributed by atoms with E-state index in [-0.39, 0.29) is 17.2 Å². The molecule has 0 radical (unpaired) electrons. The Kier molecular flexibility index (Phi) is 6.47. The summed E-state index contributed by atoms with van der Waals surface area (Å²) in [5, 5.41) is 5.46. The number of aryl methyl sites for hydroxylation is 1. The smallest absolute Gasteiger partial charge is 0.243 e. The van der Waals surface area contributed by atoms with Crippen molar-refractivity contribution in [3.05, 3.63) is 64.5 Å². The van der Waals surface area contributed by atoms with Gasteiger partial charge in [-0.1, -0.05) is 24.3 Å². The number of rotatable bonds is 6. The molecular formula is C22H23N3O4S2. The third-order valence-electron chi connectivity index (χ3n) is 4.92. The topological polar surface area (TPSA) is 88.6 Å². The number of hydrogen-bond acceptors (Lipinski definition) is 6. The third-order valence-corrected chi connectivity index (χ3v) is 7.68. The highest BCUT2D eigenvalue weighted by Gasteiger charge is 2.26. The minimum atomic E-state index is -3.52. The van der Waals surface area contributed by atoms with Gasteiger partial charge in [-0.3, -0.25) is 4.79 Å². The number of thiazole rings is 1. The maximum absolute atomic E-state index is 12.7. The number of carbonyl (C=O) groups excluding carboxylic acids is 1. The van der Waals surface area contributed by atoms with Gasteiger partial charge in [-0.05, 0) is 36.8 Å². The quantitative estimate of drug-likeness (QED) is 0.613. The molecule has 1 saturated heterocycles. The number of carbonyl (C=O) groups is 1. The van der Waals surface area contributed by atoms with Crippen LogP contribution in [0.4, 0.5) is 5.69 Å². The molecule has 0 aliphatic carbocycles. The van der Waals surface area contributed by atoms with Crippen molar-refractivity contribution < 1.29 is 17.9 Å². The molecule has 9 heteroatoms. The first-order valence-electron chi connectivity index (χ1n) is 9.91. The summed E-state index contributed by atoms with van der Waals surface area (Å²) in [7, 11) is -3.52. The summed E-state index contributed by atoms with van der Waals surface area (Å²) in [5.74, 6) is -0.126. The van der Waals surface area contributed by atoms with Crippen molar-refractivity contribution in [3.63, 3.8) is 0 Å². The number of morpholine rings is 1. The predicted octanol–water partition coefficient (Wildman–Crippen LogP) is 3.32. The second kappa shape index (κ2) is 9.27. The summed E-state index contributed by atoms with van der Waals surface area (Å²) in [6, 6.07) is 14.3. The van der Waals surface area contributed by atoms with E-state index in [1.165, 1.54) is 15.6 Å². The number of benzene rings is 2. The van der Waals surface area contributed by atoms with Crippen LogP contribution < -0.4 is 5.32 Å². The minimum absolute atomic E-state index is 0.126. The van der Waals surface area contributed by atoms with E-state index in [1.54, 1.807) is 24.3 Å². The Labute approximate surface area is 185 Å². The zero-order valence-corrected chi connectivity index (χ0v) is 18.7. The fourth-order valence-electron chi connectivity index (χ4n) is 3.32. The molecule has 0 unspecified atom stereocenters. The molecule has 31 heavy (non-hydrogen) atoms. The molecule has 0 atom stereocenters. The van der Waals surface area contributed by atoms with Crippen molar-refractivity contribution in [1.82, 2.24) is 9.29 Å². The van der Waals surface area contributed by atoms with Gasteiger partial charge in [-0.15, -0.1) is 11.3 Å². The van der Waals surface area contributed by atoms with Crippen molar-refractivity contribution in [2.45, 2.75) is 18.2 Å². The van der Waals surface area contributed by atoms with Crippen molar-refractivity contribution >= 4 is 33.0 Å². The average molecular weight is 458 g/mol. The molecule has 0 bridgehead atoms. The Morgan fingerprint density at radius 3 is 2.61 bits per heavy atom. The van der Waals surface area contributed by atoms with Crippen LogP contribution >= 0.6 is 11.3 Å². The molecule has 2 aromatic carbocycles. The summed E-state index contributed by atoms with van der Waals surface area (Å²) < 4.78 is 32.2. The highest BCUT2D eigenvalue weighted by molar-refractivity contribution is 7.89. The number of anilines is 1. The molecule has 1 aliphatic rings. The first-order valence-corrected chi connectivity index (χ1v) is 12.2. The van der Waals surface area contributed by atoms with Crippen LogP contribution in [0.1, 0.15) is 10.6 Å². The summed E-state index contributed by atoms with van der Waals surface area (Å²) in [6.45, 7) is 3.53. The summed E-state index contributed by atoms with van der Waals surface area (Å²) in [4.78, 5) is 17.1. The van der Waals surface area contributed by atoms with Gasteiger partial charge in [0.1, 0.15) is 5.01 Å². The molecule has 3 aromatic rings. The van der Waals surface area contributed by atoms with Gasteiger partial charge >= 0.3 is 0 Å². The van der Waals surface area contributed by atoms with Crippen molar-refractivity contribution in [2.75, 3.05) is 31.6 Å². The standard InChI is InChI=1S/C22H23N3O4S2/c1-16-3-2-4-18(13-16)23-21(26)14-22-24-20(15-30-22)17-5-7-19(8-6-17)31(27,28)25-9-11-29-12-10-25/h2-8,13,15H,9-12,14H2,1H3,(H,23,26). The molecule has 0 spiro atoms. The van der Waals surface area contributed by atoms with Gasteiger partial charge in [0.2, 0.25) is 15.9 Å². The van der Waals surface area contributed by atoms with Crippen LogP contribution in [0.15, 0.2) is 58.8 Å². The lowest BCUT2D eigenvalue weighted by Crippen LogP contribution is -2.40. The third kappa shape index (κ3) is 5.19. The van der Waals surface area contributed by atoms with Gasteiger partial charge in [0.05, 0.1) is 30.2 Å². The second-order valence-electron chi connectivity index (χ2n) is 7.26. The highest BCUT2D eigenvalue weighted by atomic mass is 32.2. The lowest BCUT2D eigenvalue weighted by Gasteiger charge is -2.26. The van der Waals surface area contributed by atoms with Gasteiger partial charge in [0.25, 0.3) is 0 Å². The molecule has 1 fully saturated rings. The van der Waals surface area contributed by atoms with E-state index in [2.05, 4.69) is 10.3 Å². The van der Waals surface area contributed by atoms with Crippen LogP contribution in [-0.4, -0.2) is 49.9 Å². The number of nitrogens with zero attached hydrogens (tertiary/aromatic N) is 2. The molecule has 4 rings (SSSR count). The Morgan fingerprint density at radius 2 is 1.90 bits per heavy atom. The number of hydrogen-bond donors (Lipinski definition) is 1. The van der Waals surface area contributed by atoms with Crippen molar-refractivity contribution in [3.8, 4) is 11.3 Å². The van der Waals surface area contributed by atoms with E-state index < -0.39 is 10.0 Å². The van der Waals surface area contributed by atoms with E-state index in [1.807, 2.05) is 36.6 Å². The molecule has 1 amide bonds. The second-order valence-corrected chi connectivity index (χ2v) is 10.1. The SMILES string of the molecule is Cc1cccc(NC(=O)Cc2nc(-c3ccc(S(=O)(=O)N4CCOCC4)cc3)cs2)c1. The van der Waals surface area contributed by atoms with Crippen LogP contribution in [0.3, 0.4) is 0 Å². The van der Waals surface area contributed by atoms with E-state index >= 15 is 0 Å². The van der Waals surface area contributed by atoms with Gasteiger partial charge in [-0.2, -0.15) is 4.31 Å². The van der Waals surface area contributed by atoms with Crippen LogP contribution in [0.2, 0.25) is 0 Å². The first kappa shape index (κ1) is 21.6. The van der Waals surface area contributed by atoms with Crippen LogP contribution in [0.25, 0.3) is 11.3 Å². The number of aromatic nitrogens is 1. The fraction of sp³-hybridized carbons (Fsp3) is 0.273. The van der Waals surface area contributed by atoms with Crippen molar-refractivity contribution in [2.24, 2.45) is 0 Å². The Balaban J connectivity index is 1.42. The van der Waals surface area contributed by atoms with Gasteiger partial charge in [0.15, 0.2) is 0 Å². The number of nitrogens with one attached hydrogen (secondary N) is 1. The molecule has 1 aromatic heterocycles. The van der Waals surface area contributed by atoms with Gasteiger partial charge in [-0.25, -0.2) is 13.4 Å². The largest absolute Gasteiger partial charge is 0.379 e. The number of amides is 1. The van der Waals surface area contributed by atoms with Crippen LogP contribution in [0.5, 0.6) is 0 Å². The molecule has 162 valence electrons. The summed E-state index contributed by atoms with van der Waals surface area (Å²) in [5.41, 5.74) is 3.37. The monoisotopic (exact) mass is 457 g/mol. The van der Waals surface area contributed by atoms with Crippen molar-refractivity contribution in [1.29, 1.82) is 0 Å². The zero-order chi connectivity index (χ0) is 21.8. The maximum atomic E-state index is 12.7. The lowest BCUT2D eigenvalue weighted by molar-refractivity contribution is -0.115. The van der Waals surface area contributed by atoms with Gasteiger partial charge < -0.3 is 10.1 Å². The van der Waals surface area contributed by atoms with E-state index in [9.17, 15) is 13.2 Å². The molecule has 0 saturated carbocycles. The van der Waals surface area contributed by atoms with Crippen LogP contribution in [0, 0.1) is 6.92 Å². The molecule has 1 aliphatic heterocycles. The minimum Gasteiger partial charge on any atom is -0.379 e. The van der Waals surface area contributed by atoms with Crippen LogP contribution in [-0.2, 0) is 26.0 Å². The Bertz CT molecular complexity index is 1170. The van der Waals surface area contributed by atoms with E-state index in [4.69, 9.17) is 4.74 Å². The highest BCUT2D eigenvalue weighted by Crippen LogP contribution is 2.25. The maximum Gasteiger partial charge on any atom is 0.243 e. The lowest BCUT2D eigenvalue weighted by atomic mass is 10.2. The first-order chi connectivity index (χ1) is 14.9. The molecular weight excluding hydrogens is 434 g/mol. The average Bonchev–Trinajstić information content (AvgIpc) is 3.23. The van der Waals surface area contributed by atoms with E-state index in [0.717, 1.165) is 22.5 Å². The summed E-state index contributed by atoms with van der Waals surface area (Å²) >= 11 is 1.41. The number of ether oxygens (including phenoxy) is 1. The van der Waals surface area contributed by atoms with E-state index in [0.29, 0.717) is 31.3 Å². The number of sulfonamides is 1. The molecule has 1 N–H and O–H groups in total. The molecule has 7 nitrogen and oxygen atoms in total. The summed E-state index contributed by atoms with van der Waals surface area (Å²) in [6.07, 6.45) is 0.183. The normalized spacial score (nSPS) is 15.0. The predicted molar refractivity (Wildman–Crippen MR) is 121 cm³/mol. The Hall–Kier alpha value is -2.59. The fourth-order valence-corrected chi connectivity index (χ4v) is 5.53. The molecule has 2 heterocycles. The Morgan fingerprint density at radius 1 is 1.16 bits per heavy atom.